The van der Waals surface area contributed by atoms with Crippen LogP contribution in [0.25, 0.3) is 10.8 Å². The van der Waals surface area contributed by atoms with E-state index in [0.29, 0.717) is 32.7 Å². The van der Waals surface area contributed by atoms with E-state index in [1.54, 1.807) is 30.3 Å². The summed E-state index contributed by atoms with van der Waals surface area (Å²) in [7, 11) is 0. The molecule has 0 unspecified atom stereocenters. The van der Waals surface area contributed by atoms with E-state index >= 15 is 0 Å². The Hall–Kier alpha value is -3.87. The molecular weight excluding hydrogens is 487 g/mol. The minimum absolute atomic E-state index is 0.296. The maximum Gasteiger partial charge on any atom is 0.343 e. The number of benzene rings is 4. The monoisotopic (exact) mass is 506 g/mol. The number of hydrazone groups is 1. The molecule has 0 aliphatic heterocycles. The second-order valence-corrected chi connectivity index (χ2v) is 8.45. The maximum absolute atomic E-state index is 12.7. The Bertz CT molecular complexity index is 1420. The van der Waals surface area contributed by atoms with Gasteiger partial charge in [-0.2, -0.15) is 5.10 Å². The highest BCUT2D eigenvalue weighted by atomic mass is 35.5. The predicted molar refractivity (Wildman–Crippen MR) is 138 cm³/mol. The topological polar surface area (TPSA) is 77.0 Å². The summed E-state index contributed by atoms with van der Waals surface area (Å²) >= 11 is 11.9. The Balaban J connectivity index is 1.50. The Morgan fingerprint density at radius 2 is 1.69 bits per heavy atom. The van der Waals surface area contributed by atoms with Gasteiger partial charge in [-0.05, 0) is 54.1 Å². The fourth-order valence-corrected chi connectivity index (χ4v) is 3.75. The highest BCUT2D eigenvalue weighted by Crippen LogP contribution is 2.28. The number of rotatable bonds is 7. The van der Waals surface area contributed by atoms with Gasteiger partial charge in [0.1, 0.15) is 11.5 Å². The summed E-state index contributed by atoms with van der Waals surface area (Å²) in [5, 5.41) is 6.54. The summed E-state index contributed by atoms with van der Waals surface area (Å²) in [5.74, 6) is -0.344. The number of carbonyl (C=O) groups is 2. The number of ether oxygens (including phenoxy) is 2. The number of halogens is 2. The lowest BCUT2D eigenvalue weighted by atomic mass is 10.0. The fraction of sp³-hybridized carbons (Fsp3) is 0.0741. The molecule has 176 valence electrons. The molecule has 8 heteroatoms. The smallest absolute Gasteiger partial charge is 0.343 e. The van der Waals surface area contributed by atoms with Crippen molar-refractivity contribution in [2.24, 2.45) is 5.10 Å². The second kappa shape index (κ2) is 11.0. The SMILES string of the molecule is Cc1ccc(C(=O)Oc2ccc3ccccc3c2C=NNC(=O)COc2ccc(Cl)cc2Cl)cc1. The van der Waals surface area contributed by atoms with Gasteiger partial charge in [0.25, 0.3) is 5.91 Å². The van der Waals surface area contributed by atoms with Crippen LogP contribution in [0.4, 0.5) is 0 Å². The van der Waals surface area contributed by atoms with Crippen LogP contribution >= 0.6 is 23.2 Å². The van der Waals surface area contributed by atoms with Gasteiger partial charge in [-0.25, -0.2) is 10.2 Å². The standard InChI is InChI=1S/C27H20Cl2N2O4/c1-17-6-8-19(9-7-17)27(33)35-24-12-10-18-4-2-3-5-21(18)22(24)15-30-31-26(32)16-34-25-13-11-20(28)14-23(25)29/h2-15H,16H2,1H3,(H,31,32). The number of amides is 1. The number of hydrogen-bond acceptors (Lipinski definition) is 5. The summed E-state index contributed by atoms with van der Waals surface area (Å²) in [4.78, 5) is 24.9. The molecule has 0 aliphatic rings. The van der Waals surface area contributed by atoms with Crippen molar-refractivity contribution in [2.75, 3.05) is 6.61 Å². The van der Waals surface area contributed by atoms with E-state index in [-0.39, 0.29) is 6.61 Å². The molecule has 4 rings (SSSR count). The van der Waals surface area contributed by atoms with Crippen LogP contribution in [0.1, 0.15) is 21.5 Å². The summed E-state index contributed by atoms with van der Waals surface area (Å²) in [6.45, 7) is 1.64. The lowest BCUT2D eigenvalue weighted by molar-refractivity contribution is -0.123. The second-order valence-electron chi connectivity index (χ2n) is 7.61. The van der Waals surface area contributed by atoms with Gasteiger partial charge in [-0.3, -0.25) is 4.79 Å². The molecule has 0 bridgehead atoms. The van der Waals surface area contributed by atoms with E-state index in [4.69, 9.17) is 32.7 Å². The minimum atomic E-state index is -0.495. The van der Waals surface area contributed by atoms with Crippen molar-refractivity contribution in [1.82, 2.24) is 5.43 Å². The Labute approximate surface area is 212 Å². The number of fused-ring (bicyclic) bond motifs is 1. The summed E-state index contributed by atoms with van der Waals surface area (Å²) < 4.78 is 11.1. The maximum atomic E-state index is 12.7. The molecule has 0 aromatic heterocycles. The van der Waals surface area contributed by atoms with Crippen molar-refractivity contribution in [2.45, 2.75) is 6.92 Å². The molecule has 0 heterocycles. The number of esters is 1. The van der Waals surface area contributed by atoms with Crippen LogP contribution < -0.4 is 14.9 Å². The van der Waals surface area contributed by atoms with Gasteiger partial charge in [0.05, 0.1) is 16.8 Å². The number of hydrogen-bond donors (Lipinski definition) is 1. The molecule has 0 saturated carbocycles. The molecule has 4 aromatic rings. The third-order valence-electron chi connectivity index (χ3n) is 5.06. The van der Waals surface area contributed by atoms with Crippen molar-refractivity contribution in [1.29, 1.82) is 0 Å². The van der Waals surface area contributed by atoms with Gasteiger partial charge in [-0.15, -0.1) is 0 Å². The molecule has 0 atom stereocenters. The van der Waals surface area contributed by atoms with Crippen molar-refractivity contribution in [3.05, 3.63) is 106 Å². The first-order valence-corrected chi connectivity index (χ1v) is 11.4. The van der Waals surface area contributed by atoms with Gasteiger partial charge in [0, 0.05) is 10.6 Å². The van der Waals surface area contributed by atoms with Crippen molar-refractivity contribution in [3.8, 4) is 11.5 Å². The Morgan fingerprint density at radius 1 is 0.943 bits per heavy atom. The molecule has 0 fully saturated rings. The third kappa shape index (κ3) is 6.18. The number of nitrogens with one attached hydrogen (secondary N) is 1. The predicted octanol–water partition coefficient (Wildman–Crippen LogP) is 6.20. The number of carbonyl (C=O) groups excluding carboxylic acids is 2. The molecule has 0 saturated heterocycles. The quantitative estimate of drug-likeness (QED) is 0.140. The fourth-order valence-electron chi connectivity index (χ4n) is 3.28. The van der Waals surface area contributed by atoms with Gasteiger partial charge >= 0.3 is 5.97 Å². The molecule has 6 nitrogen and oxygen atoms in total. The number of nitrogens with zero attached hydrogens (tertiary/aromatic N) is 1. The normalized spacial score (nSPS) is 10.9. The van der Waals surface area contributed by atoms with Crippen LogP contribution in [0.2, 0.25) is 10.0 Å². The Morgan fingerprint density at radius 3 is 2.46 bits per heavy atom. The lowest BCUT2D eigenvalue weighted by Crippen LogP contribution is -2.24. The average molecular weight is 507 g/mol. The first-order chi connectivity index (χ1) is 16.9. The first kappa shape index (κ1) is 24.3. The van der Waals surface area contributed by atoms with Crippen LogP contribution in [0.5, 0.6) is 11.5 Å². The molecule has 1 N–H and O–H groups in total. The largest absolute Gasteiger partial charge is 0.482 e. The lowest BCUT2D eigenvalue weighted by Gasteiger charge is -2.11. The van der Waals surface area contributed by atoms with E-state index in [9.17, 15) is 9.59 Å². The molecule has 0 aliphatic carbocycles. The zero-order valence-corrected chi connectivity index (χ0v) is 20.1. The highest BCUT2D eigenvalue weighted by Gasteiger charge is 2.14. The van der Waals surface area contributed by atoms with Crippen molar-refractivity contribution in [3.63, 3.8) is 0 Å². The van der Waals surface area contributed by atoms with E-state index < -0.39 is 11.9 Å². The summed E-state index contributed by atoms with van der Waals surface area (Å²) in [5.41, 5.74) is 4.43. The van der Waals surface area contributed by atoms with Gasteiger partial charge in [-0.1, -0.05) is 71.2 Å². The van der Waals surface area contributed by atoms with Gasteiger partial charge in [0.2, 0.25) is 0 Å². The first-order valence-electron chi connectivity index (χ1n) is 10.6. The summed E-state index contributed by atoms with van der Waals surface area (Å²) in [6, 6.07) is 22.9. The highest BCUT2D eigenvalue weighted by molar-refractivity contribution is 6.35. The van der Waals surface area contributed by atoms with E-state index in [2.05, 4.69) is 10.5 Å². The molecule has 35 heavy (non-hydrogen) atoms. The van der Waals surface area contributed by atoms with Crippen LogP contribution in [-0.4, -0.2) is 24.7 Å². The third-order valence-corrected chi connectivity index (χ3v) is 5.59. The van der Waals surface area contributed by atoms with Crippen LogP contribution in [0, 0.1) is 6.92 Å². The van der Waals surface area contributed by atoms with Crippen LogP contribution in [-0.2, 0) is 4.79 Å². The van der Waals surface area contributed by atoms with Crippen LogP contribution in [0.15, 0.2) is 84.0 Å². The Kier molecular flexibility index (Phi) is 7.65. The minimum Gasteiger partial charge on any atom is -0.482 e. The number of aryl methyl sites for hydroxylation is 1. The average Bonchev–Trinajstić information content (AvgIpc) is 2.85. The molecule has 1 amide bonds. The van der Waals surface area contributed by atoms with Crippen molar-refractivity contribution < 1.29 is 19.1 Å². The van der Waals surface area contributed by atoms with Gasteiger partial charge < -0.3 is 9.47 Å². The van der Waals surface area contributed by atoms with Gasteiger partial charge in [0.15, 0.2) is 6.61 Å². The summed E-state index contributed by atoms with van der Waals surface area (Å²) in [6.07, 6.45) is 1.44. The molecule has 0 radical (unpaired) electrons. The van der Waals surface area contributed by atoms with Crippen LogP contribution in [0.3, 0.4) is 0 Å². The zero-order chi connectivity index (χ0) is 24.8. The van der Waals surface area contributed by atoms with E-state index in [1.807, 2.05) is 49.4 Å². The zero-order valence-electron chi connectivity index (χ0n) is 18.6. The van der Waals surface area contributed by atoms with E-state index in [1.165, 1.54) is 12.3 Å². The molecule has 0 spiro atoms. The molecular formula is C27H20Cl2N2O4. The molecule has 4 aromatic carbocycles. The van der Waals surface area contributed by atoms with Crippen molar-refractivity contribution >= 4 is 52.1 Å². The van der Waals surface area contributed by atoms with E-state index in [0.717, 1.165) is 16.3 Å².